The first kappa shape index (κ1) is 11.8. The Bertz CT molecular complexity index is 845. The quantitative estimate of drug-likeness (QED) is 0.612. The van der Waals surface area contributed by atoms with Gasteiger partial charge in [0.15, 0.2) is 0 Å². The van der Waals surface area contributed by atoms with Crippen molar-refractivity contribution in [2.45, 2.75) is 13.8 Å². The van der Waals surface area contributed by atoms with E-state index < -0.39 is 0 Å². The van der Waals surface area contributed by atoms with Crippen molar-refractivity contribution in [3.05, 3.63) is 59.5 Å². The van der Waals surface area contributed by atoms with Crippen LogP contribution in [-0.4, -0.2) is 0 Å². The molecule has 0 N–H and O–H groups in total. The van der Waals surface area contributed by atoms with Crippen molar-refractivity contribution in [1.82, 2.24) is 0 Å². The summed E-state index contributed by atoms with van der Waals surface area (Å²) >= 11 is 0. The summed E-state index contributed by atoms with van der Waals surface area (Å²) in [5.41, 5.74) is 2.03. The van der Waals surface area contributed by atoms with Gasteiger partial charge < -0.3 is 4.42 Å². The molecule has 1 heteroatoms. The molecule has 3 rings (SSSR count). The van der Waals surface area contributed by atoms with E-state index in [0.29, 0.717) is 0 Å². The van der Waals surface area contributed by atoms with Gasteiger partial charge in [-0.2, -0.15) is 0 Å². The van der Waals surface area contributed by atoms with Crippen molar-refractivity contribution in [3.8, 4) is 0 Å². The minimum atomic E-state index is 0.830. The number of rotatable bonds is 1. The average Bonchev–Trinajstić information content (AvgIpc) is 2.56. The zero-order valence-corrected chi connectivity index (χ0v) is 11.2. The molecule has 0 spiro atoms. The normalized spacial score (nSPS) is 12.2. The van der Waals surface area contributed by atoms with Gasteiger partial charge in [0.25, 0.3) is 0 Å². The van der Waals surface area contributed by atoms with Crippen LogP contribution in [0, 0.1) is 6.92 Å². The molecule has 2 aromatic carbocycles. The summed E-state index contributed by atoms with van der Waals surface area (Å²) in [5, 5.41) is 4.82. The number of hydrogen-bond donors (Lipinski definition) is 0. The summed E-state index contributed by atoms with van der Waals surface area (Å²) < 4.78 is 6.04. The van der Waals surface area contributed by atoms with Gasteiger partial charge in [0, 0.05) is 5.39 Å². The monoisotopic (exact) mass is 248 g/mol. The first-order chi connectivity index (χ1) is 9.26. The van der Waals surface area contributed by atoms with Gasteiger partial charge in [0.1, 0.15) is 11.3 Å². The molecule has 0 aliphatic carbocycles. The van der Waals surface area contributed by atoms with Crippen LogP contribution in [0.4, 0.5) is 0 Å². The highest BCUT2D eigenvalue weighted by Gasteiger charge is 2.07. The van der Waals surface area contributed by atoms with Gasteiger partial charge in [0.2, 0.25) is 0 Å². The third-order valence-electron chi connectivity index (χ3n) is 3.62. The van der Waals surface area contributed by atoms with E-state index in [-0.39, 0.29) is 0 Å². The average molecular weight is 248 g/mol. The second-order valence-corrected chi connectivity index (χ2v) is 4.66. The van der Waals surface area contributed by atoms with Crippen molar-refractivity contribution in [2.24, 2.45) is 0 Å². The van der Waals surface area contributed by atoms with Crippen LogP contribution in [0.2, 0.25) is 0 Å². The molecule has 0 saturated heterocycles. The minimum absolute atomic E-state index is 0.830. The lowest BCUT2D eigenvalue weighted by Gasteiger charge is -2.00. The second kappa shape index (κ2) is 4.43. The highest BCUT2D eigenvalue weighted by Crippen LogP contribution is 2.25. The molecule has 0 fully saturated rings. The number of benzene rings is 2. The van der Waals surface area contributed by atoms with Crippen molar-refractivity contribution < 1.29 is 4.42 Å². The number of hydrogen-bond acceptors (Lipinski definition) is 1. The van der Waals surface area contributed by atoms with Crippen LogP contribution in [0.1, 0.15) is 18.2 Å². The van der Waals surface area contributed by atoms with Crippen molar-refractivity contribution in [1.29, 1.82) is 0 Å². The Balaban J connectivity index is 2.79. The van der Waals surface area contributed by atoms with Crippen LogP contribution in [0.25, 0.3) is 33.9 Å². The highest BCUT2D eigenvalue weighted by molar-refractivity contribution is 6.07. The Hall–Kier alpha value is -2.28. The topological polar surface area (TPSA) is 13.1 Å². The summed E-state index contributed by atoms with van der Waals surface area (Å²) in [6, 6.07) is 12.5. The molecular formula is C18H16O. The molecule has 94 valence electrons. The molecule has 1 aromatic heterocycles. The summed E-state index contributed by atoms with van der Waals surface area (Å²) in [7, 11) is 0. The summed E-state index contributed by atoms with van der Waals surface area (Å²) in [6.45, 7) is 8.00. The Morgan fingerprint density at radius 1 is 1.11 bits per heavy atom. The lowest BCUT2D eigenvalue weighted by molar-refractivity contribution is 0.591. The predicted molar refractivity (Wildman–Crippen MR) is 82.7 cm³/mol. The van der Waals surface area contributed by atoms with Gasteiger partial charge in [-0.15, -0.1) is 0 Å². The first-order valence-corrected chi connectivity index (χ1v) is 6.46. The molecule has 0 saturated carbocycles. The molecule has 0 unspecified atom stereocenters. The van der Waals surface area contributed by atoms with Crippen molar-refractivity contribution in [2.75, 3.05) is 0 Å². The lowest BCUT2D eigenvalue weighted by atomic mass is 10.0. The minimum Gasteiger partial charge on any atom is -0.456 e. The van der Waals surface area contributed by atoms with Crippen LogP contribution in [0.5, 0.6) is 0 Å². The molecule has 0 bridgehead atoms. The molecular weight excluding hydrogens is 232 g/mol. The largest absolute Gasteiger partial charge is 0.456 e. The van der Waals surface area contributed by atoms with Gasteiger partial charge in [-0.05, 0) is 47.5 Å². The van der Waals surface area contributed by atoms with E-state index >= 15 is 0 Å². The van der Waals surface area contributed by atoms with E-state index in [1.54, 1.807) is 6.08 Å². The van der Waals surface area contributed by atoms with E-state index in [1.165, 1.54) is 21.4 Å². The standard InChI is InChI=1S/C18H16O/c1-4-14-12(3)16(5-2)19-17-11-7-9-13-8-6-10-15(14)18(13)17/h4-11H,2H2,1,3H3. The van der Waals surface area contributed by atoms with Crippen molar-refractivity contribution >= 4 is 33.9 Å². The first-order valence-electron chi connectivity index (χ1n) is 6.46. The molecule has 0 amide bonds. The SMILES string of the molecule is C=Cc1oc2cccc3cccc(c(=CC)c1C)c32. The second-order valence-electron chi connectivity index (χ2n) is 4.66. The summed E-state index contributed by atoms with van der Waals surface area (Å²) in [6.07, 6.45) is 3.92. The Labute approximate surface area is 112 Å². The maximum absolute atomic E-state index is 6.04. The predicted octanol–water partition coefficient (Wildman–Crippen LogP) is 4.62. The third kappa shape index (κ3) is 1.70. The Morgan fingerprint density at radius 3 is 2.53 bits per heavy atom. The Morgan fingerprint density at radius 2 is 1.84 bits per heavy atom. The fraction of sp³-hybridized carbons (Fsp3) is 0.111. The molecule has 0 atom stereocenters. The van der Waals surface area contributed by atoms with E-state index in [2.05, 4.69) is 50.8 Å². The van der Waals surface area contributed by atoms with Gasteiger partial charge in [0.05, 0.1) is 0 Å². The Kier molecular flexibility index (Phi) is 2.75. The molecule has 1 nitrogen and oxygen atoms in total. The maximum atomic E-state index is 6.04. The van der Waals surface area contributed by atoms with Crippen LogP contribution >= 0.6 is 0 Å². The molecule has 1 heterocycles. The van der Waals surface area contributed by atoms with E-state index in [9.17, 15) is 0 Å². The zero-order chi connectivity index (χ0) is 13.4. The fourth-order valence-electron chi connectivity index (χ4n) is 2.71. The van der Waals surface area contributed by atoms with E-state index in [4.69, 9.17) is 4.42 Å². The molecule has 3 aromatic rings. The van der Waals surface area contributed by atoms with E-state index in [0.717, 1.165) is 16.9 Å². The smallest absolute Gasteiger partial charge is 0.135 e. The molecule has 19 heavy (non-hydrogen) atoms. The molecule has 0 aliphatic heterocycles. The van der Waals surface area contributed by atoms with Gasteiger partial charge in [-0.3, -0.25) is 0 Å². The van der Waals surface area contributed by atoms with E-state index in [1.807, 2.05) is 12.1 Å². The van der Waals surface area contributed by atoms with Crippen LogP contribution in [0.3, 0.4) is 0 Å². The van der Waals surface area contributed by atoms with Gasteiger partial charge >= 0.3 is 0 Å². The van der Waals surface area contributed by atoms with Gasteiger partial charge in [-0.25, -0.2) is 0 Å². The molecule has 0 aliphatic rings. The highest BCUT2D eigenvalue weighted by atomic mass is 16.3. The lowest BCUT2D eigenvalue weighted by Crippen LogP contribution is -2.04. The van der Waals surface area contributed by atoms with Crippen LogP contribution in [-0.2, 0) is 0 Å². The van der Waals surface area contributed by atoms with Crippen molar-refractivity contribution in [3.63, 3.8) is 0 Å². The fourth-order valence-corrected chi connectivity index (χ4v) is 2.71. The zero-order valence-electron chi connectivity index (χ0n) is 11.2. The maximum Gasteiger partial charge on any atom is 0.135 e. The molecule has 0 radical (unpaired) electrons. The summed E-state index contributed by atoms with van der Waals surface area (Å²) in [4.78, 5) is 0. The third-order valence-corrected chi connectivity index (χ3v) is 3.62. The van der Waals surface area contributed by atoms with Gasteiger partial charge in [-0.1, -0.05) is 43.0 Å². The van der Waals surface area contributed by atoms with Crippen LogP contribution in [0.15, 0.2) is 47.4 Å². The summed E-state index contributed by atoms with van der Waals surface area (Å²) in [5.74, 6) is 0.830. The van der Waals surface area contributed by atoms with Crippen LogP contribution < -0.4 is 5.22 Å².